The summed E-state index contributed by atoms with van der Waals surface area (Å²) < 4.78 is 25.3. The maximum Gasteiger partial charge on any atom is 0.235 e. The Kier molecular flexibility index (Phi) is 6.50. The smallest absolute Gasteiger partial charge is 0.235 e. The number of sulfonamides is 1. The van der Waals surface area contributed by atoms with E-state index in [1.54, 1.807) is 16.7 Å². The van der Waals surface area contributed by atoms with Gasteiger partial charge < -0.3 is 4.90 Å². The molecule has 0 spiro atoms. The average Bonchev–Trinajstić information content (AvgIpc) is 2.51. The van der Waals surface area contributed by atoms with Crippen LogP contribution in [0.3, 0.4) is 0 Å². The number of nitrogens with one attached hydrogen (secondary N) is 1. The van der Waals surface area contributed by atoms with Gasteiger partial charge in [0.15, 0.2) is 0 Å². The molecule has 0 radical (unpaired) electrons. The summed E-state index contributed by atoms with van der Waals surface area (Å²) in [5, 5.41) is -0.132. The Bertz CT molecular complexity index is 619. The van der Waals surface area contributed by atoms with Crippen LogP contribution in [0.2, 0.25) is 0 Å². The third-order valence-electron chi connectivity index (χ3n) is 3.80. The summed E-state index contributed by atoms with van der Waals surface area (Å²) in [7, 11) is -3.23. The number of benzene rings is 1. The van der Waals surface area contributed by atoms with Gasteiger partial charge in [-0.3, -0.25) is 4.79 Å². The topological polar surface area (TPSA) is 66.5 Å². The molecule has 2 rings (SSSR count). The summed E-state index contributed by atoms with van der Waals surface area (Å²) in [6.45, 7) is 3.09. The molecule has 0 saturated carbocycles. The van der Waals surface area contributed by atoms with Crippen molar-refractivity contribution in [2.45, 2.75) is 36.8 Å². The number of nitrogens with zero attached hydrogens (tertiary/aromatic N) is 1. The van der Waals surface area contributed by atoms with E-state index in [0.717, 1.165) is 24.9 Å². The molecule has 1 aliphatic heterocycles. The van der Waals surface area contributed by atoms with Gasteiger partial charge in [0.25, 0.3) is 0 Å². The van der Waals surface area contributed by atoms with Gasteiger partial charge in [-0.2, -0.15) is 0 Å². The Labute approximate surface area is 142 Å². The van der Waals surface area contributed by atoms with Gasteiger partial charge in [-0.1, -0.05) is 30.3 Å². The molecule has 1 amide bonds. The zero-order chi connectivity index (χ0) is 16.9. The van der Waals surface area contributed by atoms with E-state index in [-0.39, 0.29) is 17.2 Å². The van der Waals surface area contributed by atoms with E-state index >= 15 is 0 Å². The van der Waals surface area contributed by atoms with Crippen LogP contribution in [0.5, 0.6) is 0 Å². The molecule has 128 valence electrons. The van der Waals surface area contributed by atoms with Gasteiger partial charge in [0.05, 0.1) is 11.5 Å². The molecule has 0 bridgehead atoms. The number of rotatable bonds is 6. The second-order valence-electron chi connectivity index (χ2n) is 5.95. The first-order valence-corrected chi connectivity index (χ1v) is 10.7. The number of thioether (sulfide) groups is 1. The fourth-order valence-corrected chi connectivity index (χ4v) is 4.42. The Morgan fingerprint density at radius 1 is 1.39 bits per heavy atom. The molecule has 1 aromatic carbocycles. The second-order valence-corrected chi connectivity index (χ2v) is 9.06. The Hall–Kier alpha value is -1.05. The highest BCUT2D eigenvalue weighted by atomic mass is 32.2. The van der Waals surface area contributed by atoms with Crippen LogP contribution >= 0.6 is 11.8 Å². The third-order valence-corrected chi connectivity index (χ3v) is 5.77. The van der Waals surface area contributed by atoms with Crippen LogP contribution in [0.15, 0.2) is 30.3 Å². The van der Waals surface area contributed by atoms with Crippen molar-refractivity contribution in [3.63, 3.8) is 0 Å². The van der Waals surface area contributed by atoms with E-state index in [4.69, 9.17) is 0 Å². The molecule has 1 heterocycles. The van der Waals surface area contributed by atoms with E-state index in [2.05, 4.69) is 16.9 Å². The Morgan fingerprint density at radius 3 is 2.74 bits per heavy atom. The fourth-order valence-electron chi connectivity index (χ4n) is 2.70. The van der Waals surface area contributed by atoms with Crippen LogP contribution in [0.4, 0.5) is 0 Å². The molecule has 1 N–H and O–H groups in total. The van der Waals surface area contributed by atoms with Crippen LogP contribution in [0.25, 0.3) is 0 Å². The number of piperidine rings is 1. The third kappa shape index (κ3) is 6.16. The van der Waals surface area contributed by atoms with Crippen LogP contribution in [-0.2, 0) is 20.6 Å². The molecule has 23 heavy (non-hydrogen) atoms. The van der Waals surface area contributed by atoms with Crippen LogP contribution in [0.1, 0.15) is 25.3 Å². The molecule has 7 heteroatoms. The molecule has 1 aliphatic rings. The van der Waals surface area contributed by atoms with Gasteiger partial charge in [-0.05, 0) is 25.3 Å². The van der Waals surface area contributed by atoms with Crippen molar-refractivity contribution < 1.29 is 13.2 Å². The first-order valence-electron chi connectivity index (χ1n) is 7.77. The van der Waals surface area contributed by atoms with Crippen molar-refractivity contribution in [3.8, 4) is 0 Å². The maximum absolute atomic E-state index is 12.6. The Morgan fingerprint density at radius 2 is 2.09 bits per heavy atom. The predicted molar refractivity (Wildman–Crippen MR) is 94.8 cm³/mol. The highest BCUT2D eigenvalue weighted by Crippen LogP contribution is 2.21. The summed E-state index contributed by atoms with van der Waals surface area (Å²) in [6, 6.07) is 9.90. The van der Waals surface area contributed by atoms with E-state index in [1.165, 1.54) is 5.56 Å². The van der Waals surface area contributed by atoms with Crippen molar-refractivity contribution in [2.24, 2.45) is 0 Å². The minimum atomic E-state index is -3.23. The van der Waals surface area contributed by atoms with Crippen LogP contribution in [0, 0.1) is 0 Å². The van der Waals surface area contributed by atoms with Crippen molar-refractivity contribution in [1.82, 2.24) is 9.62 Å². The lowest BCUT2D eigenvalue weighted by Gasteiger charge is -2.34. The lowest BCUT2D eigenvalue weighted by atomic mass is 10.1. The fraction of sp³-hybridized carbons (Fsp3) is 0.562. The van der Waals surface area contributed by atoms with Crippen molar-refractivity contribution in [3.05, 3.63) is 35.9 Å². The number of carbonyl (C=O) groups excluding carboxylic acids is 1. The maximum atomic E-state index is 12.6. The normalized spacial score (nSPS) is 20.3. The van der Waals surface area contributed by atoms with Crippen LogP contribution in [-0.4, -0.2) is 49.9 Å². The largest absolute Gasteiger partial charge is 0.340 e. The van der Waals surface area contributed by atoms with Crippen molar-refractivity contribution >= 4 is 27.7 Å². The number of hydrogen-bond donors (Lipinski definition) is 1. The van der Waals surface area contributed by atoms with Gasteiger partial charge in [0.1, 0.15) is 0 Å². The lowest BCUT2D eigenvalue weighted by Crippen LogP contribution is -2.51. The molecule has 0 unspecified atom stereocenters. The van der Waals surface area contributed by atoms with Gasteiger partial charge >= 0.3 is 0 Å². The number of likely N-dealkylation sites (tertiary alicyclic amines) is 1. The molecule has 5 nitrogen and oxygen atoms in total. The highest BCUT2D eigenvalue weighted by Gasteiger charge is 2.28. The first-order chi connectivity index (χ1) is 10.8. The van der Waals surface area contributed by atoms with Gasteiger partial charge in [-0.25, -0.2) is 13.1 Å². The zero-order valence-electron chi connectivity index (χ0n) is 13.6. The average molecular weight is 357 g/mol. The zero-order valence-corrected chi connectivity index (χ0v) is 15.2. The SMILES string of the molecule is C[C@H](SCc1ccccc1)C(=O)N1CCC[C@H](NS(C)(=O)=O)C1. The second kappa shape index (κ2) is 8.17. The van der Waals surface area contributed by atoms with Crippen molar-refractivity contribution in [1.29, 1.82) is 0 Å². The predicted octanol–water partition coefficient (Wildman–Crippen LogP) is 1.85. The Balaban J connectivity index is 1.86. The van der Waals surface area contributed by atoms with E-state index in [1.807, 2.05) is 25.1 Å². The van der Waals surface area contributed by atoms with Crippen molar-refractivity contribution in [2.75, 3.05) is 19.3 Å². The summed E-state index contributed by atoms with van der Waals surface area (Å²) in [6.07, 6.45) is 2.77. The summed E-state index contributed by atoms with van der Waals surface area (Å²) in [5.74, 6) is 0.887. The number of hydrogen-bond acceptors (Lipinski definition) is 4. The summed E-state index contributed by atoms with van der Waals surface area (Å²) >= 11 is 1.62. The number of carbonyl (C=O) groups is 1. The molecule has 1 saturated heterocycles. The standard InChI is InChI=1S/C16H24N2O3S2/c1-13(22-12-14-7-4-3-5-8-14)16(19)18-10-6-9-15(11-18)17-23(2,20)21/h3-5,7-8,13,15,17H,6,9-12H2,1-2H3/t13-,15-/m0/s1. The molecule has 0 aliphatic carbocycles. The molecule has 0 aromatic heterocycles. The minimum absolute atomic E-state index is 0.0888. The molecular formula is C16H24N2O3S2. The summed E-state index contributed by atoms with van der Waals surface area (Å²) in [5.41, 5.74) is 1.20. The molecule has 1 aromatic rings. The van der Waals surface area contributed by atoms with Gasteiger partial charge in [-0.15, -0.1) is 11.8 Å². The van der Waals surface area contributed by atoms with Gasteiger partial charge in [0, 0.05) is 24.9 Å². The highest BCUT2D eigenvalue weighted by molar-refractivity contribution is 7.99. The van der Waals surface area contributed by atoms with E-state index in [0.29, 0.717) is 13.1 Å². The first kappa shape index (κ1) is 18.3. The minimum Gasteiger partial charge on any atom is -0.340 e. The monoisotopic (exact) mass is 356 g/mol. The molecular weight excluding hydrogens is 332 g/mol. The van der Waals surface area contributed by atoms with E-state index < -0.39 is 10.0 Å². The van der Waals surface area contributed by atoms with Gasteiger partial charge in [0.2, 0.25) is 15.9 Å². The molecule has 2 atom stereocenters. The molecule has 1 fully saturated rings. The number of amides is 1. The van der Waals surface area contributed by atoms with Crippen LogP contribution < -0.4 is 4.72 Å². The quantitative estimate of drug-likeness (QED) is 0.845. The van der Waals surface area contributed by atoms with E-state index in [9.17, 15) is 13.2 Å². The lowest BCUT2D eigenvalue weighted by molar-refractivity contribution is -0.131. The summed E-state index contributed by atoms with van der Waals surface area (Å²) in [4.78, 5) is 14.3.